The molecule has 0 saturated heterocycles. The van der Waals surface area contributed by atoms with Crippen molar-refractivity contribution in [3.8, 4) is 0 Å². The van der Waals surface area contributed by atoms with Crippen LogP contribution in [0.3, 0.4) is 0 Å². The van der Waals surface area contributed by atoms with Crippen LogP contribution in [0.5, 0.6) is 0 Å². The molecule has 0 fully saturated rings. The van der Waals surface area contributed by atoms with Crippen LogP contribution in [-0.4, -0.2) is 28.1 Å². The summed E-state index contributed by atoms with van der Waals surface area (Å²) >= 11 is 0. The summed E-state index contributed by atoms with van der Waals surface area (Å²) in [7, 11) is 1.69. The van der Waals surface area contributed by atoms with E-state index in [0.29, 0.717) is 5.69 Å². The molecule has 0 unspecified atom stereocenters. The number of hydrogen-bond donors (Lipinski definition) is 2. The molecular weight excluding hydrogens is 280 g/mol. The fourth-order valence-electron chi connectivity index (χ4n) is 2.33. The predicted octanol–water partition coefficient (Wildman–Crippen LogP) is 1.71. The predicted molar refractivity (Wildman–Crippen MR) is 84.8 cm³/mol. The van der Waals surface area contributed by atoms with E-state index < -0.39 is 0 Å². The molecule has 0 saturated carbocycles. The summed E-state index contributed by atoms with van der Waals surface area (Å²) in [6, 6.07) is 7.48. The van der Waals surface area contributed by atoms with Crippen molar-refractivity contribution >= 4 is 17.5 Å². The first-order valence-electron chi connectivity index (χ1n) is 7.02. The minimum absolute atomic E-state index is 0.0873. The third kappa shape index (κ3) is 3.94. The maximum Gasteiger partial charge on any atom is 0.269 e. The Morgan fingerprint density at radius 2 is 1.73 bits per heavy atom. The molecule has 0 aliphatic heterocycles. The monoisotopic (exact) mass is 300 g/mol. The van der Waals surface area contributed by atoms with Crippen LogP contribution in [0.4, 0.5) is 5.69 Å². The van der Waals surface area contributed by atoms with Crippen molar-refractivity contribution in [3.05, 3.63) is 46.8 Å². The van der Waals surface area contributed by atoms with E-state index in [4.69, 9.17) is 0 Å². The zero-order chi connectivity index (χ0) is 16.3. The molecule has 1 aromatic carbocycles. The highest BCUT2D eigenvalue weighted by atomic mass is 16.2. The summed E-state index contributed by atoms with van der Waals surface area (Å²) < 4.78 is 1.49. The first kappa shape index (κ1) is 15.8. The Hall–Kier alpha value is -2.63. The molecule has 0 aliphatic rings. The zero-order valence-corrected chi connectivity index (χ0v) is 13.2. The van der Waals surface area contributed by atoms with Crippen molar-refractivity contribution in [1.82, 2.24) is 15.1 Å². The lowest BCUT2D eigenvalue weighted by Gasteiger charge is -2.08. The van der Waals surface area contributed by atoms with Gasteiger partial charge in [0, 0.05) is 12.7 Å². The second kappa shape index (κ2) is 6.43. The van der Waals surface area contributed by atoms with E-state index in [-0.39, 0.29) is 18.4 Å². The van der Waals surface area contributed by atoms with E-state index >= 15 is 0 Å². The van der Waals surface area contributed by atoms with Crippen LogP contribution < -0.4 is 10.6 Å². The van der Waals surface area contributed by atoms with Gasteiger partial charge >= 0.3 is 0 Å². The maximum absolute atomic E-state index is 12.0. The second-order valence-corrected chi connectivity index (χ2v) is 5.40. The number of carbonyl (C=O) groups excluding carboxylic acids is 2. The molecule has 0 spiro atoms. The third-order valence-corrected chi connectivity index (χ3v) is 3.15. The van der Waals surface area contributed by atoms with Crippen LogP contribution in [0.2, 0.25) is 0 Å². The summed E-state index contributed by atoms with van der Waals surface area (Å²) in [5.41, 5.74) is 4.06. The number of anilines is 1. The van der Waals surface area contributed by atoms with E-state index in [1.807, 2.05) is 39.0 Å². The average molecular weight is 300 g/mol. The highest BCUT2D eigenvalue weighted by molar-refractivity contribution is 5.98. The molecule has 116 valence electrons. The first-order valence-corrected chi connectivity index (χ1v) is 7.02. The van der Waals surface area contributed by atoms with Crippen molar-refractivity contribution in [1.29, 1.82) is 0 Å². The normalized spacial score (nSPS) is 10.4. The molecule has 2 rings (SSSR count). The van der Waals surface area contributed by atoms with Gasteiger partial charge < -0.3 is 10.6 Å². The van der Waals surface area contributed by atoms with Crippen molar-refractivity contribution in [3.63, 3.8) is 0 Å². The van der Waals surface area contributed by atoms with E-state index in [2.05, 4.69) is 15.7 Å². The molecule has 22 heavy (non-hydrogen) atoms. The Morgan fingerprint density at radius 3 is 2.27 bits per heavy atom. The second-order valence-electron chi connectivity index (χ2n) is 5.40. The number of rotatable bonds is 4. The van der Waals surface area contributed by atoms with Crippen LogP contribution >= 0.6 is 0 Å². The van der Waals surface area contributed by atoms with Crippen LogP contribution in [0, 0.1) is 20.8 Å². The van der Waals surface area contributed by atoms with E-state index in [1.54, 1.807) is 13.1 Å². The zero-order valence-electron chi connectivity index (χ0n) is 13.2. The molecule has 0 bridgehead atoms. The van der Waals surface area contributed by atoms with Crippen LogP contribution in [0.15, 0.2) is 24.3 Å². The first-order chi connectivity index (χ1) is 10.3. The molecule has 2 aromatic rings. The Balaban J connectivity index is 1.92. The summed E-state index contributed by atoms with van der Waals surface area (Å²) in [5.74, 6) is -0.587. The van der Waals surface area contributed by atoms with Gasteiger partial charge in [0.05, 0.1) is 12.2 Å². The van der Waals surface area contributed by atoms with Gasteiger partial charge in [-0.05, 0) is 50.1 Å². The molecule has 2 amide bonds. The van der Waals surface area contributed by atoms with Crippen LogP contribution in [0.1, 0.15) is 27.3 Å². The van der Waals surface area contributed by atoms with E-state index in [1.165, 1.54) is 4.68 Å². The van der Waals surface area contributed by atoms with E-state index in [0.717, 1.165) is 22.5 Å². The highest BCUT2D eigenvalue weighted by Crippen LogP contribution is 2.13. The van der Waals surface area contributed by atoms with Gasteiger partial charge in [0.15, 0.2) is 0 Å². The number of aryl methyl sites for hydroxylation is 4. The SMILES string of the molecule is Cc1cc(C)cc(NC(=O)CNC(=O)c2cc(C)nn2C)c1. The molecule has 2 N–H and O–H groups in total. The smallest absolute Gasteiger partial charge is 0.269 e. The number of nitrogens with zero attached hydrogens (tertiary/aromatic N) is 2. The Morgan fingerprint density at radius 1 is 1.09 bits per heavy atom. The van der Waals surface area contributed by atoms with Crippen molar-refractivity contribution in [2.24, 2.45) is 7.05 Å². The summed E-state index contributed by atoms with van der Waals surface area (Å²) in [6.45, 7) is 5.66. The molecule has 0 atom stereocenters. The lowest BCUT2D eigenvalue weighted by atomic mass is 10.1. The Labute approximate surface area is 129 Å². The fraction of sp³-hybridized carbons (Fsp3) is 0.312. The largest absolute Gasteiger partial charge is 0.342 e. The van der Waals surface area contributed by atoms with Gasteiger partial charge in [-0.15, -0.1) is 0 Å². The van der Waals surface area contributed by atoms with Crippen molar-refractivity contribution in [2.75, 3.05) is 11.9 Å². The molecule has 1 aromatic heterocycles. The van der Waals surface area contributed by atoms with Gasteiger partial charge in [0.2, 0.25) is 5.91 Å². The summed E-state index contributed by atoms with van der Waals surface area (Å²) in [5, 5.41) is 9.47. The number of aromatic nitrogens is 2. The standard InChI is InChI=1S/C16H20N4O2/c1-10-5-11(2)7-13(6-10)18-15(21)9-17-16(22)14-8-12(3)19-20(14)4/h5-8H,9H2,1-4H3,(H,17,22)(H,18,21). The number of amides is 2. The minimum Gasteiger partial charge on any atom is -0.342 e. The highest BCUT2D eigenvalue weighted by Gasteiger charge is 2.13. The van der Waals surface area contributed by atoms with Crippen molar-refractivity contribution in [2.45, 2.75) is 20.8 Å². The number of carbonyl (C=O) groups is 2. The minimum atomic E-state index is -0.321. The third-order valence-electron chi connectivity index (χ3n) is 3.15. The van der Waals surface area contributed by atoms with Gasteiger partial charge in [-0.1, -0.05) is 6.07 Å². The number of nitrogens with one attached hydrogen (secondary N) is 2. The topological polar surface area (TPSA) is 76.0 Å². The van der Waals surface area contributed by atoms with Gasteiger partial charge in [-0.25, -0.2) is 0 Å². The number of benzene rings is 1. The van der Waals surface area contributed by atoms with Crippen LogP contribution in [-0.2, 0) is 11.8 Å². The van der Waals surface area contributed by atoms with Gasteiger partial charge in [0.25, 0.3) is 5.91 Å². The summed E-state index contributed by atoms with van der Waals surface area (Å²) in [4.78, 5) is 23.9. The van der Waals surface area contributed by atoms with Gasteiger partial charge in [0.1, 0.15) is 5.69 Å². The van der Waals surface area contributed by atoms with E-state index in [9.17, 15) is 9.59 Å². The quantitative estimate of drug-likeness (QED) is 0.902. The fourth-order valence-corrected chi connectivity index (χ4v) is 2.33. The summed E-state index contributed by atoms with van der Waals surface area (Å²) in [6.07, 6.45) is 0. The van der Waals surface area contributed by atoms with Crippen LogP contribution in [0.25, 0.3) is 0 Å². The molecule has 0 radical (unpaired) electrons. The molecular formula is C16H20N4O2. The van der Waals surface area contributed by atoms with Gasteiger partial charge in [-0.2, -0.15) is 5.10 Å². The number of hydrogen-bond acceptors (Lipinski definition) is 3. The molecule has 0 aliphatic carbocycles. The average Bonchev–Trinajstić information content (AvgIpc) is 2.74. The maximum atomic E-state index is 12.0. The Bertz CT molecular complexity index is 699. The molecule has 6 heteroatoms. The van der Waals surface area contributed by atoms with Crippen molar-refractivity contribution < 1.29 is 9.59 Å². The Kier molecular flexibility index (Phi) is 4.60. The molecule has 1 heterocycles. The lowest BCUT2D eigenvalue weighted by molar-refractivity contribution is -0.115. The van der Waals surface area contributed by atoms with Gasteiger partial charge in [-0.3, -0.25) is 14.3 Å². The lowest BCUT2D eigenvalue weighted by Crippen LogP contribution is -2.33. The molecule has 6 nitrogen and oxygen atoms in total.